The van der Waals surface area contributed by atoms with Crippen LogP contribution in [0, 0.1) is 5.92 Å². The molecule has 0 spiro atoms. The number of hydrogen-bond donors (Lipinski definition) is 1. The predicted octanol–water partition coefficient (Wildman–Crippen LogP) is 3.25. The standard InChI is InChI=1S/C19H30N2O5S/c1-6-18(2,3)15-11-16(26-21-15)20-17(23)19(4,5)27(24,25)12-13-7-9-14(22)10-8-13/h11,13H,6-10,12H2,1-5H3,(H,20,23). The van der Waals surface area contributed by atoms with Crippen molar-refractivity contribution < 1.29 is 22.5 Å². The molecule has 1 saturated carbocycles. The van der Waals surface area contributed by atoms with E-state index in [1.807, 2.05) is 20.8 Å². The Morgan fingerprint density at radius 3 is 2.41 bits per heavy atom. The van der Waals surface area contributed by atoms with Crippen LogP contribution in [-0.2, 0) is 24.8 Å². The zero-order valence-corrected chi connectivity index (χ0v) is 17.6. The van der Waals surface area contributed by atoms with Gasteiger partial charge in [0, 0.05) is 24.3 Å². The lowest BCUT2D eigenvalue weighted by atomic mass is 9.87. The highest BCUT2D eigenvalue weighted by molar-refractivity contribution is 7.93. The number of ketones is 1. The van der Waals surface area contributed by atoms with Crippen LogP contribution in [0.3, 0.4) is 0 Å². The van der Waals surface area contributed by atoms with Gasteiger partial charge in [0.05, 0.1) is 11.4 Å². The molecule has 0 radical (unpaired) electrons. The summed E-state index contributed by atoms with van der Waals surface area (Å²) in [5, 5.41) is 6.53. The zero-order chi connectivity index (χ0) is 20.5. The molecule has 0 aliphatic heterocycles. The molecule has 0 saturated heterocycles. The van der Waals surface area contributed by atoms with Gasteiger partial charge in [0.25, 0.3) is 0 Å². The second-order valence-electron chi connectivity index (χ2n) is 8.54. The molecule has 2 rings (SSSR count). The summed E-state index contributed by atoms with van der Waals surface area (Å²) in [7, 11) is -3.71. The lowest BCUT2D eigenvalue weighted by molar-refractivity contribution is -0.121. The van der Waals surface area contributed by atoms with Gasteiger partial charge >= 0.3 is 0 Å². The second-order valence-corrected chi connectivity index (χ2v) is 11.1. The summed E-state index contributed by atoms with van der Waals surface area (Å²) in [5.41, 5.74) is 0.500. The van der Waals surface area contributed by atoms with E-state index in [1.54, 1.807) is 6.07 Å². The average Bonchev–Trinajstić information content (AvgIpc) is 3.06. The Balaban J connectivity index is 2.08. The number of nitrogens with one attached hydrogen (secondary N) is 1. The molecule has 152 valence electrons. The molecule has 1 N–H and O–H groups in total. The van der Waals surface area contributed by atoms with Crippen LogP contribution in [0.2, 0.25) is 0 Å². The third-order valence-electron chi connectivity index (χ3n) is 5.77. The average molecular weight is 399 g/mol. The van der Waals surface area contributed by atoms with Gasteiger partial charge in [0.1, 0.15) is 10.5 Å². The highest BCUT2D eigenvalue weighted by Crippen LogP contribution is 2.30. The fraction of sp³-hybridized carbons (Fsp3) is 0.737. The maximum absolute atomic E-state index is 12.9. The van der Waals surface area contributed by atoms with E-state index >= 15 is 0 Å². The fourth-order valence-electron chi connectivity index (χ4n) is 2.92. The van der Waals surface area contributed by atoms with Crippen LogP contribution in [0.4, 0.5) is 5.88 Å². The van der Waals surface area contributed by atoms with Crippen LogP contribution < -0.4 is 5.32 Å². The molecule has 1 aromatic heterocycles. The number of Topliss-reactive ketones (excluding diaryl/α,β-unsaturated/α-hetero) is 1. The topological polar surface area (TPSA) is 106 Å². The summed E-state index contributed by atoms with van der Waals surface area (Å²) >= 11 is 0. The van der Waals surface area contributed by atoms with Crippen LogP contribution in [0.25, 0.3) is 0 Å². The van der Waals surface area contributed by atoms with E-state index in [9.17, 15) is 18.0 Å². The molecule has 0 aromatic carbocycles. The van der Waals surface area contributed by atoms with Gasteiger partial charge in [-0.3, -0.25) is 14.9 Å². The number of anilines is 1. The first kappa shape index (κ1) is 21.6. The largest absolute Gasteiger partial charge is 0.338 e. The third kappa shape index (κ3) is 4.78. The lowest BCUT2D eigenvalue weighted by Gasteiger charge is -2.27. The van der Waals surface area contributed by atoms with Gasteiger partial charge in [-0.1, -0.05) is 25.9 Å². The van der Waals surface area contributed by atoms with Crippen molar-refractivity contribution in [3.8, 4) is 0 Å². The molecule has 0 unspecified atom stereocenters. The second kappa shape index (κ2) is 7.73. The van der Waals surface area contributed by atoms with Crippen molar-refractivity contribution in [1.82, 2.24) is 5.16 Å². The van der Waals surface area contributed by atoms with Crippen LogP contribution >= 0.6 is 0 Å². The summed E-state index contributed by atoms with van der Waals surface area (Å²) < 4.78 is 29.3. The van der Waals surface area contributed by atoms with E-state index in [1.165, 1.54) is 13.8 Å². The number of carbonyl (C=O) groups is 2. The van der Waals surface area contributed by atoms with E-state index in [0.717, 1.165) is 6.42 Å². The van der Waals surface area contributed by atoms with Gasteiger partial charge < -0.3 is 4.52 Å². The van der Waals surface area contributed by atoms with Crippen molar-refractivity contribution in [2.24, 2.45) is 5.92 Å². The van der Waals surface area contributed by atoms with Gasteiger partial charge in [0.15, 0.2) is 9.84 Å². The van der Waals surface area contributed by atoms with Crippen molar-refractivity contribution in [2.75, 3.05) is 11.1 Å². The Bertz CT molecular complexity index is 798. The van der Waals surface area contributed by atoms with E-state index in [4.69, 9.17) is 4.52 Å². The number of aromatic nitrogens is 1. The first-order chi connectivity index (χ1) is 12.4. The third-order valence-corrected chi connectivity index (χ3v) is 8.42. The Labute approximate surface area is 161 Å². The van der Waals surface area contributed by atoms with Crippen molar-refractivity contribution in [1.29, 1.82) is 0 Å². The minimum Gasteiger partial charge on any atom is -0.338 e. The highest BCUT2D eigenvalue weighted by atomic mass is 32.2. The smallest absolute Gasteiger partial charge is 0.247 e. The van der Waals surface area contributed by atoms with Gasteiger partial charge in [-0.25, -0.2) is 8.42 Å². The number of nitrogens with zero attached hydrogens (tertiary/aromatic N) is 1. The van der Waals surface area contributed by atoms with Crippen molar-refractivity contribution in [2.45, 2.75) is 76.9 Å². The van der Waals surface area contributed by atoms with E-state index in [2.05, 4.69) is 10.5 Å². The van der Waals surface area contributed by atoms with Crippen LogP contribution in [0.15, 0.2) is 10.6 Å². The fourth-order valence-corrected chi connectivity index (χ4v) is 4.63. The van der Waals surface area contributed by atoms with Crippen molar-refractivity contribution in [3.63, 3.8) is 0 Å². The molecule has 1 aliphatic rings. The molecule has 1 heterocycles. The SMILES string of the molecule is CCC(C)(C)c1cc(NC(=O)C(C)(C)S(=O)(=O)CC2CCC(=O)CC2)on1. The summed E-state index contributed by atoms with van der Waals surface area (Å²) in [5.74, 6) is -0.501. The van der Waals surface area contributed by atoms with Gasteiger partial charge in [-0.2, -0.15) is 0 Å². The Morgan fingerprint density at radius 1 is 1.26 bits per heavy atom. The number of carbonyl (C=O) groups excluding carboxylic acids is 2. The van der Waals surface area contributed by atoms with Crippen molar-refractivity contribution in [3.05, 3.63) is 11.8 Å². The van der Waals surface area contributed by atoms with Crippen LogP contribution in [0.5, 0.6) is 0 Å². The number of rotatable bonds is 7. The Morgan fingerprint density at radius 2 is 1.85 bits per heavy atom. The molecular formula is C19H30N2O5S. The molecule has 1 amide bonds. The van der Waals surface area contributed by atoms with Gasteiger partial charge in [-0.05, 0) is 39.0 Å². The molecule has 7 nitrogen and oxygen atoms in total. The molecule has 1 aromatic rings. The molecular weight excluding hydrogens is 368 g/mol. The summed E-state index contributed by atoms with van der Waals surface area (Å²) in [4.78, 5) is 24.0. The molecule has 8 heteroatoms. The number of sulfone groups is 1. The maximum Gasteiger partial charge on any atom is 0.247 e. The predicted molar refractivity (Wildman–Crippen MR) is 103 cm³/mol. The van der Waals surface area contributed by atoms with Crippen molar-refractivity contribution >= 4 is 27.4 Å². The van der Waals surface area contributed by atoms with Gasteiger partial charge in [0.2, 0.25) is 11.8 Å². The van der Waals surface area contributed by atoms with E-state index in [-0.39, 0.29) is 28.8 Å². The summed E-state index contributed by atoms with van der Waals surface area (Å²) in [6, 6.07) is 1.64. The number of amides is 1. The molecule has 27 heavy (non-hydrogen) atoms. The molecule has 1 aliphatic carbocycles. The van der Waals surface area contributed by atoms with E-state index in [0.29, 0.717) is 31.4 Å². The molecule has 1 fully saturated rings. The summed E-state index contributed by atoms with van der Waals surface area (Å²) in [6.07, 6.45) is 2.80. The highest BCUT2D eigenvalue weighted by Gasteiger charge is 2.43. The first-order valence-electron chi connectivity index (χ1n) is 9.41. The minimum atomic E-state index is -3.71. The first-order valence-corrected chi connectivity index (χ1v) is 11.1. The normalized spacial score (nSPS) is 17.1. The lowest BCUT2D eigenvalue weighted by Crippen LogP contribution is -2.46. The Hall–Kier alpha value is -1.70. The summed E-state index contributed by atoms with van der Waals surface area (Å²) in [6.45, 7) is 8.86. The quantitative estimate of drug-likeness (QED) is 0.755. The minimum absolute atomic E-state index is 0.0815. The molecule has 0 atom stereocenters. The van der Waals surface area contributed by atoms with Crippen LogP contribution in [0.1, 0.15) is 72.4 Å². The van der Waals surface area contributed by atoms with Gasteiger partial charge in [-0.15, -0.1) is 0 Å². The monoisotopic (exact) mass is 398 g/mol. The zero-order valence-electron chi connectivity index (χ0n) is 16.8. The number of hydrogen-bond acceptors (Lipinski definition) is 6. The van der Waals surface area contributed by atoms with E-state index < -0.39 is 20.5 Å². The Kier molecular flexibility index (Phi) is 6.19. The molecule has 0 bridgehead atoms. The maximum atomic E-state index is 12.9. The van der Waals surface area contributed by atoms with Crippen LogP contribution in [-0.4, -0.2) is 35.8 Å².